The van der Waals surface area contributed by atoms with Crippen LogP contribution < -0.4 is 5.32 Å². The number of rotatable bonds is 4. The molecule has 0 aromatic carbocycles. The predicted molar refractivity (Wildman–Crippen MR) is 66.3 cm³/mol. The molecule has 88 valence electrons. The number of nitrogens with zero attached hydrogens (tertiary/aromatic N) is 3. The van der Waals surface area contributed by atoms with E-state index in [2.05, 4.69) is 21.5 Å². The molecule has 1 fully saturated rings. The first-order valence-corrected chi connectivity index (χ1v) is 5.97. The molecule has 0 radical (unpaired) electrons. The predicted octanol–water partition coefficient (Wildman–Crippen LogP) is 1.73. The number of aryl methyl sites for hydroxylation is 1. The fourth-order valence-corrected chi connectivity index (χ4v) is 1.86. The van der Waals surface area contributed by atoms with Crippen molar-refractivity contribution in [2.24, 2.45) is 7.05 Å². The Morgan fingerprint density at radius 1 is 1.29 bits per heavy atom. The highest BCUT2D eigenvalue weighted by Gasteiger charge is 2.19. The van der Waals surface area contributed by atoms with Gasteiger partial charge in [0.25, 0.3) is 0 Å². The van der Waals surface area contributed by atoms with Gasteiger partial charge in [0.05, 0.1) is 6.20 Å². The van der Waals surface area contributed by atoms with Crippen LogP contribution in [0.3, 0.4) is 0 Å². The Morgan fingerprint density at radius 3 is 2.88 bits per heavy atom. The number of hydrogen-bond acceptors (Lipinski definition) is 3. The summed E-state index contributed by atoms with van der Waals surface area (Å²) >= 11 is 0. The van der Waals surface area contributed by atoms with E-state index in [-0.39, 0.29) is 0 Å². The second-order valence-electron chi connectivity index (χ2n) is 4.64. The Morgan fingerprint density at radius 2 is 2.18 bits per heavy atom. The molecule has 2 aromatic heterocycles. The van der Waals surface area contributed by atoms with Gasteiger partial charge in [0.2, 0.25) is 0 Å². The summed E-state index contributed by atoms with van der Waals surface area (Å²) in [6, 6.07) is 2.91. The third-order valence-corrected chi connectivity index (χ3v) is 3.01. The van der Waals surface area contributed by atoms with E-state index in [9.17, 15) is 0 Å². The molecule has 1 aliphatic carbocycles. The summed E-state index contributed by atoms with van der Waals surface area (Å²) in [4.78, 5) is 4.29. The first-order valence-electron chi connectivity index (χ1n) is 5.97. The largest absolute Gasteiger partial charge is 0.310 e. The normalized spacial score (nSPS) is 15.1. The third kappa shape index (κ3) is 2.53. The minimum Gasteiger partial charge on any atom is -0.310 e. The quantitative estimate of drug-likeness (QED) is 0.866. The molecule has 0 atom stereocenters. The monoisotopic (exact) mass is 228 g/mol. The van der Waals surface area contributed by atoms with Crippen molar-refractivity contribution in [3.05, 3.63) is 36.4 Å². The van der Waals surface area contributed by atoms with E-state index in [1.54, 1.807) is 0 Å². The van der Waals surface area contributed by atoms with Crippen molar-refractivity contribution in [3.63, 3.8) is 0 Å². The van der Waals surface area contributed by atoms with E-state index in [0.29, 0.717) is 0 Å². The van der Waals surface area contributed by atoms with Gasteiger partial charge < -0.3 is 5.32 Å². The highest BCUT2D eigenvalue weighted by atomic mass is 15.2. The fourth-order valence-electron chi connectivity index (χ4n) is 1.86. The summed E-state index contributed by atoms with van der Waals surface area (Å²) in [5, 5.41) is 7.68. The van der Waals surface area contributed by atoms with Gasteiger partial charge in [-0.3, -0.25) is 9.67 Å². The lowest BCUT2D eigenvalue weighted by molar-refractivity contribution is 0.686. The van der Waals surface area contributed by atoms with Crippen LogP contribution >= 0.6 is 0 Å². The van der Waals surface area contributed by atoms with Crippen LogP contribution in [-0.2, 0) is 13.6 Å². The molecule has 0 bridgehead atoms. The minimum atomic E-state index is 0.733. The van der Waals surface area contributed by atoms with Crippen LogP contribution in [0.4, 0.5) is 0 Å². The van der Waals surface area contributed by atoms with E-state index >= 15 is 0 Å². The van der Waals surface area contributed by atoms with Crippen molar-refractivity contribution >= 4 is 0 Å². The van der Waals surface area contributed by atoms with Crippen LogP contribution in [0, 0.1) is 0 Å². The average Bonchev–Trinajstić information content (AvgIpc) is 3.08. The molecular formula is C13H16N4. The van der Waals surface area contributed by atoms with Crippen molar-refractivity contribution in [1.29, 1.82) is 0 Å². The van der Waals surface area contributed by atoms with Crippen LogP contribution in [0.25, 0.3) is 11.1 Å². The Balaban J connectivity index is 1.77. The maximum Gasteiger partial charge on any atom is 0.0568 e. The van der Waals surface area contributed by atoms with Gasteiger partial charge in [0.15, 0.2) is 0 Å². The van der Waals surface area contributed by atoms with E-state index in [1.165, 1.54) is 18.4 Å². The Kier molecular flexibility index (Phi) is 2.65. The molecule has 0 amide bonds. The number of pyridine rings is 1. The molecule has 4 heteroatoms. The van der Waals surface area contributed by atoms with Crippen molar-refractivity contribution in [1.82, 2.24) is 20.1 Å². The summed E-state index contributed by atoms with van der Waals surface area (Å²) in [6.45, 7) is 0.909. The molecule has 1 aliphatic rings. The molecule has 1 N–H and O–H groups in total. The third-order valence-electron chi connectivity index (χ3n) is 3.01. The van der Waals surface area contributed by atoms with Crippen LogP contribution in [0.15, 0.2) is 30.9 Å². The Hall–Kier alpha value is -1.68. The second kappa shape index (κ2) is 4.30. The van der Waals surface area contributed by atoms with Gasteiger partial charge in [-0.15, -0.1) is 0 Å². The molecule has 0 unspecified atom stereocenters. The molecule has 2 heterocycles. The van der Waals surface area contributed by atoms with Crippen molar-refractivity contribution in [2.75, 3.05) is 0 Å². The van der Waals surface area contributed by atoms with Gasteiger partial charge in [-0.05, 0) is 24.5 Å². The van der Waals surface area contributed by atoms with Crippen molar-refractivity contribution < 1.29 is 0 Å². The Labute approximate surface area is 101 Å². The maximum absolute atomic E-state index is 4.29. The highest BCUT2D eigenvalue weighted by molar-refractivity contribution is 5.61. The summed E-state index contributed by atoms with van der Waals surface area (Å²) in [5.74, 6) is 0. The van der Waals surface area contributed by atoms with E-state index in [4.69, 9.17) is 0 Å². The van der Waals surface area contributed by atoms with Gasteiger partial charge in [0.1, 0.15) is 0 Å². The standard InChI is InChI=1S/C13H16N4/c1-17-9-12(8-16-17)11-4-10(5-14-7-11)6-15-13-2-3-13/h4-5,7-9,13,15H,2-3,6H2,1H3. The molecule has 17 heavy (non-hydrogen) atoms. The first-order chi connectivity index (χ1) is 8.31. The highest BCUT2D eigenvalue weighted by Crippen LogP contribution is 2.21. The van der Waals surface area contributed by atoms with Crippen LogP contribution in [0.1, 0.15) is 18.4 Å². The summed E-state index contributed by atoms with van der Waals surface area (Å²) in [5.41, 5.74) is 3.49. The van der Waals surface area contributed by atoms with Crippen LogP contribution in [-0.4, -0.2) is 20.8 Å². The topological polar surface area (TPSA) is 42.7 Å². The fraction of sp³-hybridized carbons (Fsp3) is 0.385. The number of hydrogen-bond donors (Lipinski definition) is 1. The molecule has 0 aliphatic heterocycles. The summed E-state index contributed by atoms with van der Waals surface area (Å²) < 4.78 is 1.81. The van der Waals surface area contributed by atoms with E-state index in [1.807, 2.05) is 36.5 Å². The van der Waals surface area contributed by atoms with Crippen molar-refractivity contribution in [2.45, 2.75) is 25.4 Å². The lowest BCUT2D eigenvalue weighted by atomic mass is 10.1. The lowest BCUT2D eigenvalue weighted by Gasteiger charge is -2.04. The van der Waals surface area contributed by atoms with E-state index in [0.717, 1.165) is 23.7 Å². The molecule has 2 aromatic rings. The Bertz CT molecular complexity index is 514. The zero-order valence-corrected chi connectivity index (χ0v) is 9.93. The maximum atomic E-state index is 4.29. The van der Waals surface area contributed by atoms with Gasteiger partial charge >= 0.3 is 0 Å². The molecular weight excluding hydrogens is 212 g/mol. The van der Waals surface area contributed by atoms with Crippen LogP contribution in [0.5, 0.6) is 0 Å². The molecule has 3 rings (SSSR count). The second-order valence-corrected chi connectivity index (χ2v) is 4.64. The SMILES string of the molecule is Cn1cc(-c2cncc(CNC3CC3)c2)cn1. The number of aromatic nitrogens is 3. The number of nitrogens with one attached hydrogen (secondary N) is 1. The average molecular weight is 228 g/mol. The van der Waals surface area contributed by atoms with Crippen LogP contribution in [0.2, 0.25) is 0 Å². The van der Waals surface area contributed by atoms with Gasteiger partial charge in [-0.1, -0.05) is 0 Å². The first kappa shape index (κ1) is 10.5. The zero-order valence-electron chi connectivity index (χ0n) is 9.93. The molecule has 4 nitrogen and oxygen atoms in total. The molecule has 1 saturated carbocycles. The molecule has 0 saturated heterocycles. The van der Waals surface area contributed by atoms with E-state index < -0.39 is 0 Å². The van der Waals surface area contributed by atoms with Gasteiger partial charge in [0, 0.05) is 49.4 Å². The van der Waals surface area contributed by atoms with Crippen molar-refractivity contribution in [3.8, 4) is 11.1 Å². The zero-order chi connectivity index (χ0) is 11.7. The summed E-state index contributed by atoms with van der Waals surface area (Å²) in [7, 11) is 1.93. The smallest absolute Gasteiger partial charge is 0.0568 e. The van der Waals surface area contributed by atoms with Gasteiger partial charge in [-0.25, -0.2) is 0 Å². The summed E-state index contributed by atoms with van der Waals surface area (Å²) in [6.07, 6.45) is 10.3. The minimum absolute atomic E-state index is 0.733. The van der Waals surface area contributed by atoms with Gasteiger partial charge in [-0.2, -0.15) is 5.10 Å². The molecule has 0 spiro atoms. The lowest BCUT2D eigenvalue weighted by Crippen LogP contribution is -2.15.